The van der Waals surface area contributed by atoms with Crippen molar-refractivity contribution in [3.8, 4) is 5.75 Å². The summed E-state index contributed by atoms with van der Waals surface area (Å²) in [5.74, 6) is 1.14. The van der Waals surface area contributed by atoms with Crippen LogP contribution in [0.15, 0.2) is 27.5 Å². The van der Waals surface area contributed by atoms with Gasteiger partial charge in [-0.05, 0) is 70.9 Å². The predicted molar refractivity (Wildman–Crippen MR) is 111 cm³/mol. The number of H-pyrrole nitrogens is 1. The minimum Gasteiger partial charge on any atom is -0.496 e. The number of nitrogens with one attached hydrogen (secondary N) is 1. The molecule has 4 rings (SSSR count). The summed E-state index contributed by atoms with van der Waals surface area (Å²) < 4.78 is 6.07. The molecule has 134 valence electrons. The monoisotopic (exact) mass is 450 g/mol. The number of benzene rings is 1. The Morgan fingerprint density at radius 3 is 2.96 bits per heavy atom. The highest BCUT2D eigenvalue weighted by atomic mass is 79.9. The molecule has 1 aliphatic rings. The van der Waals surface area contributed by atoms with Gasteiger partial charge in [-0.3, -0.25) is 4.79 Å². The number of hydrogen-bond donors (Lipinski definition) is 1. The molecule has 1 aromatic carbocycles. The molecular formula is C19H16BrClN2O2S. The van der Waals surface area contributed by atoms with E-state index in [1.807, 2.05) is 18.2 Å². The lowest BCUT2D eigenvalue weighted by molar-refractivity contribution is 0.412. The molecule has 0 spiro atoms. The van der Waals surface area contributed by atoms with Crippen LogP contribution in [0.4, 0.5) is 0 Å². The third-order valence-corrected chi connectivity index (χ3v) is 6.61. The van der Waals surface area contributed by atoms with Crippen molar-refractivity contribution in [3.63, 3.8) is 0 Å². The SMILES string of the molecule is COc1ccc(/C=C(\Cl)c2nc3sc4c(c3c(=O)[nH]2)CCCC4)cc1Br. The first kappa shape index (κ1) is 17.8. The number of methoxy groups -OCH3 is 1. The molecule has 0 saturated carbocycles. The highest BCUT2D eigenvalue weighted by Crippen LogP contribution is 2.34. The number of thiophene rings is 1. The Morgan fingerprint density at radius 2 is 2.19 bits per heavy atom. The summed E-state index contributed by atoms with van der Waals surface area (Å²) in [6, 6.07) is 5.65. The molecule has 3 aromatic rings. The number of rotatable bonds is 3. The number of halogens is 2. The zero-order chi connectivity index (χ0) is 18.3. The van der Waals surface area contributed by atoms with Gasteiger partial charge in [-0.2, -0.15) is 0 Å². The van der Waals surface area contributed by atoms with Crippen molar-refractivity contribution in [1.29, 1.82) is 0 Å². The van der Waals surface area contributed by atoms with E-state index in [0.29, 0.717) is 10.9 Å². The first-order chi connectivity index (χ1) is 12.6. The van der Waals surface area contributed by atoms with Gasteiger partial charge < -0.3 is 9.72 Å². The second kappa shape index (κ2) is 7.18. The van der Waals surface area contributed by atoms with Gasteiger partial charge in [0.05, 0.1) is 22.0 Å². The van der Waals surface area contributed by atoms with E-state index in [4.69, 9.17) is 16.3 Å². The van der Waals surface area contributed by atoms with Gasteiger partial charge in [0.1, 0.15) is 10.6 Å². The van der Waals surface area contributed by atoms with E-state index in [1.54, 1.807) is 24.5 Å². The molecule has 0 atom stereocenters. The van der Waals surface area contributed by atoms with Crippen LogP contribution in [0.5, 0.6) is 5.75 Å². The van der Waals surface area contributed by atoms with Gasteiger partial charge in [0.15, 0.2) is 5.82 Å². The average molecular weight is 452 g/mol. The minimum absolute atomic E-state index is 0.105. The Balaban J connectivity index is 1.76. The number of aryl methyl sites for hydroxylation is 2. The van der Waals surface area contributed by atoms with E-state index >= 15 is 0 Å². The van der Waals surface area contributed by atoms with Crippen LogP contribution in [0.1, 0.15) is 34.7 Å². The van der Waals surface area contributed by atoms with E-state index in [9.17, 15) is 4.79 Å². The van der Waals surface area contributed by atoms with Crippen LogP contribution in [-0.2, 0) is 12.8 Å². The van der Waals surface area contributed by atoms with Gasteiger partial charge in [-0.1, -0.05) is 17.7 Å². The van der Waals surface area contributed by atoms with E-state index in [0.717, 1.165) is 45.3 Å². The Labute approximate surface area is 168 Å². The maximum Gasteiger partial charge on any atom is 0.260 e. The molecule has 0 bridgehead atoms. The molecule has 1 N–H and O–H groups in total. The number of aromatic amines is 1. The van der Waals surface area contributed by atoms with E-state index < -0.39 is 0 Å². The first-order valence-electron chi connectivity index (χ1n) is 8.32. The van der Waals surface area contributed by atoms with Gasteiger partial charge in [0, 0.05) is 4.88 Å². The van der Waals surface area contributed by atoms with Crippen LogP contribution >= 0.6 is 38.9 Å². The van der Waals surface area contributed by atoms with Crippen molar-refractivity contribution in [1.82, 2.24) is 9.97 Å². The summed E-state index contributed by atoms with van der Waals surface area (Å²) in [4.78, 5) is 22.2. The third kappa shape index (κ3) is 3.21. The maximum atomic E-state index is 12.6. The lowest BCUT2D eigenvalue weighted by Crippen LogP contribution is -2.12. The minimum atomic E-state index is -0.105. The number of nitrogens with zero attached hydrogens (tertiary/aromatic N) is 1. The molecule has 0 unspecified atom stereocenters. The number of aromatic nitrogens is 2. The summed E-state index contributed by atoms with van der Waals surface area (Å²) in [5, 5.41) is 1.14. The fourth-order valence-corrected chi connectivity index (χ4v) is 5.30. The third-order valence-electron chi connectivity index (χ3n) is 4.52. The molecule has 0 amide bonds. The van der Waals surface area contributed by atoms with Crippen molar-refractivity contribution in [3.05, 3.63) is 54.9 Å². The van der Waals surface area contributed by atoms with E-state index in [2.05, 4.69) is 25.9 Å². The molecule has 26 heavy (non-hydrogen) atoms. The van der Waals surface area contributed by atoms with Crippen LogP contribution in [0.25, 0.3) is 21.3 Å². The molecule has 7 heteroatoms. The second-order valence-electron chi connectivity index (χ2n) is 6.19. The molecule has 4 nitrogen and oxygen atoms in total. The number of ether oxygens (including phenoxy) is 1. The van der Waals surface area contributed by atoms with Gasteiger partial charge in [-0.25, -0.2) is 4.98 Å². The number of hydrogen-bond acceptors (Lipinski definition) is 4. The van der Waals surface area contributed by atoms with Gasteiger partial charge in [-0.15, -0.1) is 11.3 Å². The smallest absolute Gasteiger partial charge is 0.260 e. The predicted octanol–water partition coefficient (Wildman–Crippen LogP) is 5.37. The molecule has 0 radical (unpaired) electrons. The standard InChI is InChI=1S/C19H16BrClN2O2S/c1-25-14-7-6-10(8-12(14)20)9-13(21)17-22-18(24)16-11-4-2-3-5-15(11)26-19(16)23-17/h6-9H,2-5H2,1H3,(H,22,23,24)/b13-9-. The molecule has 0 fully saturated rings. The molecular weight excluding hydrogens is 436 g/mol. The second-order valence-corrected chi connectivity index (χ2v) is 8.54. The Hall–Kier alpha value is -1.63. The summed E-state index contributed by atoms with van der Waals surface area (Å²) >= 11 is 11.5. The highest BCUT2D eigenvalue weighted by molar-refractivity contribution is 9.10. The quantitative estimate of drug-likeness (QED) is 0.582. The van der Waals surface area contributed by atoms with Crippen LogP contribution in [0.3, 0.4) is 0 Å². The molecule has 0 aliphatic heterocycles. The van der Waals surface area contributed by atoms with Gasteiger partial charge in [0.25, 0.3) is 5.56 Å². The summed E-state index contributed by atoms with van der Waals surface area (Å²) in [6.45, 7) is 0. The Morgan fingerprint density at radius 1 is 1.38 bits per heavy atom. The Kier molecular flexibility index (Phi) is 4.90. The molecule has 0 saturated heterocycles. The summed E-state index contributed by atoms with van der Waals surface area (Å²) in [6.07, 6.45) is 6.09. The lowest BCUT2D eigenvalue weighted by Gasteiger charge is -2.09. The lowest BCUT2D eigenvalue weighted by atomic mass is 9.97. The van der Waals surface area contributed by atoms with Crippen LogP contribution in [0.2, 0.25) is 0 Å². The first-order valence-corrected chi connectivity index (χ1v) is 10.3. The Bertz CT molecular complexity index is 1090. The largest absolute Gasteiger partial charge is 0.496 e. The fraction of sp³-hybridized carbons (Fsp3) is 0.263. The molecule has 2 heterocycles. The van der Waals surface area contributed by atoms with Crippen molar-refractivity contribution in [2.75, 3.05) is 7.11 Å². The van der Waals surface area contributed by atoms with Crippen molar-refractivity contribution >= 4 is 60.2 Å². The maximum absolute atomic E-state index is 12.6. The number of fused-ring (bicyclic) bond motifs is 3. The summed E-state index contributed by atoms with van der Waals surface area (Å²) in [7, 11) is 1.62. The van der Waals surface area contributed by atoms with Crippen molar-refractivity contribution in [2.24, 2.45) is 0 Å². The molecule has 2 aromatic heterocycles. The van der Waals surface area contributed by atoms with E-state index in [1.165, 1.54) is 16.9 Å². The average Bonchev–Trinajstić information content (AvgIpc) is 3.00. The fourth-order valence-electron chi connectivity index (χ4n) is 3.26. The van der Waals surface area contributed by atoms with Crippen molar-refractivity contribution in [2.45, 2.75) is 25.7 Å². The zero-order valence-corrected chi connectivity index (χ0v) is 17.2. The van der Waals surface area contributed by atoms with Crippen LogP contribution < -0.4 is 10.3 Å². The van der Waals surface area contributed by atoms with Crippen molar-refractivity contribution < 1.29 is 4.74 Å². The zero-order valence-electron chi connectivity index (χ0n) is 14.1. The summed E-state index contributed by atoms with van der Waals surface area (Å²) in [5.41, 5.74) is 1.96. The normalized spacial score (nSPS) is 14.5. The van der Waals surface area contributed by atoms with Gasteiger partial charge >= 0.3 is 0 Å². The van der Waals surface area contributed by atoms with E-state index in [-0.39, 0.29) is 5.56 Å². The highest BCUT2D eigenvalue weighted by Gasteiger charge is 2.20. The topological polar surface area (TPSA) is 55.0 Å². The van der Waals surface area contributed by atoms with Crippen LogP contribution in [-0.4, -0.2) is 17.1 Å². The van der Waals surface area contributed by atoms with Gasteiger partial charge in [0.2, 0.25) is 0 Å². The molecule has 1 aliphatic carbocycles. The van der Waals surface area contributed by atoms with Crippen LogP contribution in [0, 0.1) is 0 Å².